The number of pyridine rings is 1. The highest BCUT2D eigenvalue weighted by Crippen LogP contribution is 2.36. The van der Waals surface area contributed by atoms with Crippen molar-refractivity contribution in [2.75, 3.05) is 11.9 Å². The molecular formula is C33H36N8O4S. The third-order valence-corrected chi connectivity index (χ3v) is 10.4. The maximum Gasteiger partial charge on any atom is 0.248 e. The molecule has 1 aliphatic heterocycles. The van der Waals surface area contributed by atoms with E-state index in [1.165, 1.54) is 29.0 Å². The lowest BCUT2D eigenvalue weighted by Crippen LogP contribution is -2.36. The van der Waals surface area contributed by atoms with Crippen molar-refractivity contribution in [1.82, 2.24) is 34.5 Å². The summed E-state index contributed by atoms with van der Waals surface area (Å²) in [5.74, 6) is -0.426. The smallest absolute Gasteiger partial charge is 0.248 e. The van der Waals surface area contributed by atoms with Crippen LogP contribution < -0.4 is 10.1 Å². The molecule has 1 unspecified atom stereocenters. The summed E-state index contributed by atoms with van der Waals surface area (Å²) in [7, 11) is -3.89. The maximum absolute atomic E-state index is 13.9. The van der Waals surface area contributed by atoms with E-state index in [0.29, 0.717) is 18.7 Å². The van der Waals surface area contributed by atoms with Gasteiger partial charge in [0.25, 0.3) is 0 Å². The minimum Gasteiger partial charge on any atom is -0.472 e. The first-order valence-electron chi connectivity index (χ1n) is 15.3. The molecule has 0 radical (unpaired) electrons. The fourth-order valence-electron chi connectivity index (χ4n) is 5.91. The summed E-state index contributed by atoms with van der Waals surface area (Å²) < 4.78 is 37.1. The largest absolute Gasteiger partial charge is 0.472 e. The first-order chi connectivity index (χ1) is 22.2. The van der Waals surface area contributed by atoms with Crippen LogP contribution >= 0.6 is 0 Å². The number of ether oxygens (including phenoxy) is 1. The highest BCUT2D eigenvalue weighted by atomic mass is 32.2. The van der Waals surface area contributed by atoms with Crippen LogP contribution in [-0.4, -0.2) is 61.5 Å². The monoisotopic (exact) mass is 640 g/mol. The Hall–Kier alpha value is -4.75. The number of nitrogens with one attached hydrogen (secondary N) is 1. The number of hydrogen-bond donors (Lipinski definition) is 1. The number of nitrogens with zero attached hydrogens (tertiary/aromatic N) is 7. The molecule has 0 bridgehead atoms. The molecule has 6 rings (SSSR count). The molecule has 12 nitrogen and oxygen atoms in total. The van der Waals surface area contributed by atoms with Crippen molar-refractivity contribution < 1.29 is 17.9 Å². The summed E-state index contributed by atoms with van der Waals surface area (Å²) in [6.07, 6.45) is 4.96. The summed E-state index contributed by atoms with van der Waals surface area (Å²) in [4.78, 5) is 17.7. The van der Waals surface area contributed by atoms with Gasteiger partial charge in [0, 0.05) is 31.6 Å². The Morgan fingerprint density at radius 3 is 2.70 bits per heavy atom. The second-order valence-electron chi connectivity index (χ2n) is 11.4. The Morgan fingerprint density at radius 2 is 1.93 bits per heavy atom. The molecule has 5 aromatic rings. The van der Waals surface area contributed by atoms with Gasteiger partial charge in [0.05, 0.1) is 30.1 Å². The number of amides is 1. The fraction of sp³-hybridized carbons (Fsp3) is 0.333. The van der Waals surface area contributed by atoms with E-state index in [1.807, 2.05) is 62.7 Å². The number of carbonyl (C=O) groups excluding carboxylic acids is 1. The SMILES string of the molecule is CC[C@@H]1CN(Cc2cc(C(CC(=O)Nc3ccnnc3)c3ccc4c(nnn4CC)c3C)ccc2C)S(=O)(=O)c2cccnc2O1. The van der Waals surface area contributed by atoms with Gasteiger partial charge in [0.1, 0.15) is 16.5 Å². The van der Waals surface area contributed by atoms with Gasteiger partial charge in [-0.1, -0.05) is 36.4 Å². The molecule has 0 spiro atoms. The van der Waals surface area contributed by atoms with Crippen LogP contribution in [0.3, 0.4) is 0 Å². The zero-order valence-corrected chi connectivity index (χ0v) is 27.0. The third kappa shape index (κ3) is 6.07. The molecule has 13 heteroatoms. The molecular weight excluding hydrogens is 604 g/mol. The number of benzene rings is 2. The highest BCUT2D eigenvalue weighted by Gasteiger charge is 2.35. The number of fused-ring (bicyclic) bond motifs is 2. The molecule has 3 aromatic heterocycles. The van der Waals surface area contributed by atoms with E-state index in [-0.39, 0.29) is 48.2 Å². The summed E-state index contributed by atoms with van der Waals surface area (Å²) in [5.41, 5.74) is 6.79. The van der Waals surface area contributed by atoms with Crippen molar-refractivity contribution >= 4 is 32.7 Å². The Morgan fingerprint density at radius 1 is 1.09 bits per heavy atom. The van der Waals surface area contributed by atoms with Crippen LogP contribution in [0.25, 0.3) is 11.0 Å². The van der Waals surface area contributed by atoms with Gasteiger partial charge in [0.15, 0.2) is 0 Å². The Bertz CT molecular complexity index is 2000. The van der Waals surface area contributed by atoms with E-state index in [9.17, 15) is 13.2 Å². The van der Waals surface area contributed by atoms with E-state index in [4.69, 9.17) is 4.74 Å². The van der Waals surface area contributed by atoms with E-state index in [2.05, 4.69) is 30.8 Å². The first kappa shape index (κ1) is 31.2. The molecule has 2 aromatic carbocycles. The standard InChI is InChI=1S/C33H36N8O4S/c1-5-26-20-40(46(43,44)30-8-7-14-34-33(30)45-26)19-24-16-23(10-9-21(24)3)28(17-31(42)37-25-13-15-35-36-18-25)27-11-12-29-32(22(27)4)38-39-41(29)6-2/h7-16,18,26,28H,5-6,17,19-20H2,1-4H3,(H,35,37,42)/t26-,28?/m1/s1. The zero-order valence-electron chi connectivity index (χ0n) is 26.2. The quantitative estimate of drug-likeness (QED) is 0.241. The number of rotatable bonds is 9. The lowest BCUT2D eigenvalue weighted by molar-refractivity contribution is -0.116. The summed E-state index contributed by atoms with van der Waals surface area (Å²) in [6, 6.07) is 14.9. The second-order valence-corrected chi connectivity index (χ2v) is 13.3. The molecule has 0 fully saturated rings. The molecule has 2 atom stereocenters. The van der Waals surface area contributed by atoms with Gasteiger partial charge in [0.2, 0.25) is 21.8 Å². The van der Waals surface area contributed by atoms with Gasteiger partial charge in [-0.25, -0.2) is 18.1 Å². The van der Waals surface area contributed by atoms with E-state index < -0.39 is 10.0 Å². The zero-order chi connectivity index (χ0) is 32.4. The number of hydrogen-bond acceptors (Lipinski definition) is 9. The summed E-state index contributed by atoms with van der Waals surface area (Å²) in [6.45, 7) is 8.96. The average Bonchev–Trinajstić information content (AvgIpc) is 3.45. The molecule has 0 saturated carbocycles. The molecule has 0 aliphatic carbocycles. The van der Waals surface area contributed by atoms with Gasteiger partial charge in [-0.3, -0.25) is 4.79 Å². The Balaban J connectivity index is 1.40. The number of anilines is 1. The van der Waals surface area contributed by atoms with E-state index in [1.54, 1.807) is 12.1 Å². The normalized spacial score (nSPS) is 16.7. The lowest BCUT2D eigenvalue weighted by atomic mass is 9.84. The minimum absolute atomic E-state index is 0.0592. The van der Waals surface area contributed by atoms with Crippen LogP contribution in [0.5, 0.6) is 5.88 Å². The average molecular weight is 641 g/mol. The second kappa shape index (κ2) is 12.9. The van der Waals surface area contributed by atoms with Crippen LogP contribution in [0.1, 0.15) is 60.4 Å². The van der Waals surface area contributed by atoms with Crippen molar-refractivity contribution in [3.63, 3.8) is 0 Å². The van der Waals surface area contributed by atoms with Gasteiger partial charge in [-0.05, 0) is 79.3 Å². The predicted octanol–water partition coefficient (Wildman–Crippen LogP) is 4.78. The number of carbonyl (C=O) groups is 1. The van der Waals surface area contributed by atoms with Crippen LogP contribution in [0.15, 0.2) is 72.0 Å². The topological polar surface area (TPSA) is 145 Å². The van der Waals surface area contributed by atoms with Crippen molar-refractivity contribution in [2.45, 2.75) is 70.5 Å². The number of aryl methyl sites for hydroxylation is 3. The Labute approximate surface area is 267 Å². The van der Waals surface area contributed by atoms with Crippen molar-refractivity contribution in [1.29, 1.82) is 0 Å². The van der Waals surface area contributed by atoms with Gasteiger partial charge < -0.3 is 10.1 Å². The Kier molecular flexibility index (Phi) is 8.78. The molecule has 238 valence electrons. The first-order valence-corrected chi connectivity index (χ1v) is 16.7. The molecule has 1 aliphatic rings. The van der Waals surface area contributed by atoms with Crippen molar-refractivity contribution in [3.8, 4) is 5.88 Å². The number of sulfonamides is 1. The van der Waals surface area contributed by atoms with Crippen molar-refractivity contribution in [3.05, 3.63) is 94.9 Å². The molecule has 1 N–H and O–H groups in total. The van der Waals surface area contributed by atoms with Crippen LogP contribution in [0.2, 0.25) is 0 Å². The fourth-order valence-corrected chi connectivity index (χ4v) is 7.44. The minimum atomic E-state index is -3.89. The van der Waals surface area contributed by atoms with Crippen LogP contribution in [-0.2, 0) is 27.9 Å². The third-order valence-electron chi connectivity index (χ3n) is 8.53. The number of aromatic nitrogens is 6. The van der Waals surface area contributed by atoms with Gasteiger partial charge in [-0.15, -0.1) is 5.10 Å². The molecule has 4 heterocycles. The predicted molar refractivity (Wildman–Crippen MR) is 173 cm³/mol. The van der Waals surface area contributed by atoms with Gasteiger partial charge in [-0.2, -0.15) is 14.5 Å². The van der Waals surface area contributed by atoms with Crippen LogP contribution in [0.4, 0.5) is 5.69 Å². The summed E-state index contributed by atoms with van der Waals surface area (Å²) >= 11 is 0. The van der Waals surface area contributed by atoms with Crippen LogP contribution in [0, 0.1) is 13.8 Å². The molecule has 1 amide bonds. The van der Waals surface area contributed by atoms with Gasteiger partial charge >= 0.3 is 0 Å². The maximum atomic E-state index is 13.9. The molecule has 0 saturated heterocycles. The van der Waals surface area contributed by atoms with E-state index in [0.717, 1.165) is 38.9 Å². The lowest BCUT2D eigenvalue weighted by Gasteiger charge is -2.25. The summed E-state index contributed by atoms with van der Waals surface area (Å²) in [5, 5.41) is 19.3. The van der Waals surface area contributed by atoms with Crippen molar-refractivity contribution in [2.24, 2.45) is 0 Å². The van der Waals surface area contributed by atoms with E-state index >= 15 is 0 Å². The highest BCUT2D eigenvalue weighted by molar-refractivity contribution is 7.89. The molecule has 46 heavy (non-hydrogen) atoms.